The first-order chi connectivity index (χ1) is 11.6. The quantitative estimate of drug-likeness (QED) is 0.793. The largest absolute Gasteiger partial charge is 0.497 e. The Balaban J connectivity index is 1.78. The van der Waals surface area contributed by atoms with E-state index >= 15 is 0 Å². The van der Waals surface area contributed by atoms with Gasteiger partial charge in [0, 0.05) is 6.54 Å². The first-order valence-corrected chi connectivity index (χ1v) is 7.69. The van der Waals surface area contributed by atoms with E-state index in [0.29, 0.717) is 24.9 Å². The summed E-state index contributed by atoms with van der Waals surface area (Å²) >= 11 is 0. The van der Waals surface area contributed by atoms with Crippen molar-refractivity contribution in [3.05, 3.63) is 65.2 Å². The maximum Gasteiger partial charge on any atom is 0.337 e. The summed E-state index contributed by atoms with van der Waals surface area (Å²) < 4.78 is 9.80. The van der Waals surface area contributed by atoms with Crippen molar-refractivity contribution >= 4 is 11.9 Å². The van der Waals surface area contributed by atoms with Gasteiger partial charge in [-0.2, -0.15) is 0 Å². The van der Waals surface area contributed by atoms with Gasteiger partial charge in [-0.05, 0) is 41.8 Å². The summed E-state index contributed by atoms with van der Waals surface area (Å²) in [5.41, 5.74) is 2.47. The number of hydrogen-bond donors (Lipinski definition) is 1. The Labute approximate surface area is 141 Å². The first-order valence-electron chi connectivity index (χ1n) is 7.69. The molecule has 1 N–H and O–H groups in total. The normalized spacial score (nSPS) is 10.1. The van der Waals surface area contributed by atoms with E-state index in [1.165, 1.54) is 7.11 Å². The fraction of sp³-hybridized carbons (Fsp3) is 0.263. The number of hydrogen-bond acceptors (Lipinski definition) is 4. The van der Waals surface area contributed by atoms with E-state index in [1.54, 1.807) is 19.2 Å². The number of rotatable bonds is 7. The number of carbonyl (C=O) groups excluding carboxylic acids is 2. The Morgan fingerprint density at radius 1 is 1.00 bits per heavy atom. The molecule has 1 amide bonds. The SMILES string of the molecule is COC(=O)c1ccc(CCNC(=O)Cc2cccc(OC)c2)cc1. The van der Waals surface area contributed by atoms with E-state index in [1.807, 2.05) is 36.4 Å². The highest BCUT2D eigenvalue weighted by Crippen LogP contribution is 2.12. The molecule has 0 saturated carbocycles. The molecule has 0 radical (unpaired) electrons. The molecule has 0 aliphatic heterocycles. The summed E-state index contributed by atoms with van der Waals surface area (Å²) in [6, 6.07) is 14.6. The molecule has 5 nitrogen and oxygen atoms in total. The van der Waals surface area contributed by atoms with Gasteiger partial charge in [0.25, 0.3) is 0 Å². The van der Waals surface area contributed by atoms with Crippen molar-refractivity contribution in [2.24, 2.45) is 0 Å². The summed E-state index contributed by atoms with van der Waals surface area (Å²) in [6.45, 7) is 0.542. The number of carbonyl (C=O) groups is 2. The lowest BCUT2D eigenvalue weighted by molar-refractivity contribution is -0.120. The zero-order valence-corrected chi connectivity index (χ0v) is 13.9. The second-order valence-electron chi connectivity index (χ2n) is 5.32. The van der Waals surface area contributed by atoms with E-state index in [9.17, 15) is 9.59 Å². The predicted octanol–water partition coefficient (Wildman–Crippen LogP) is 2.38. The number of benzene rings is 2. The average molecular weight is 327 g/mol. The standard InChI is InChI=1S/C19H21NO4/c1-23-17-5-3-4-15(12-17)13-18(21)20-11-10-14-6-8-16(9-7-14)19(22)24-2/h3-9,12H,10-11,13H2,1-2H3,(H,20,21). The minimum Gasteiger partial charge on any atom is -0.497 e. The molecule has 0 spiro atoms. The molecular weight excluding hydrogens is 306 g/mol. The van der Waals surface area contributed by atoms with Crippen LogP contribution in [0.15, 0.2) is 48.5 Å². The van der Waals surface area contributed by atoms with Gasteiger partial charge >= 0.3 is 5.97 Å². The highest BCUT2D eigenvalue weighted by Gasteiger charge is 2.06. The highest BCUT2D eigenvalue weighted by atomic mass is 16.5. The molecule has 5 heteroatoms. The van der Waals surface area contributed by atoms with Gasteiger partial charge in [0.2, 0.25) is 5.91 Å². The van der Waals surface area contributed by atoms with Crippen LogP contribution in [0.1, 0.15) is 21.5 Å². The second-order valence-corrected chi connectivity index (χ2v) is 5.32. The number of methoxy groups -OCH3 is 2. The van der Waals surface area contributed by atoms with E-state index in [-0.39, 0.29) is 11.9 Å². The average Bonchev–Trinajstić information content (AvgIpc) is 2.61. The van der Waals surface area contributed by atoms with Crippen molar-refractivity contribution in [3.8, 4) is 5.75 Å². The lowest BCUT2D eigenvalue weighted by Gasteiger charge is -2.07. The third-order valence-electron chi connectivity index (χ3n) is 3.61. The zero-order valence-electron chi connectivity index (χ0n) is 13.9. The topological polar surface area (TPSA) is 64.6 Å². The van der Waals surface area contributed by atoms with Crippen molar-refractivity contribution < 1.29 is 19.1 Å². The molecular formula is C19H21NO4. The number of amides is 1. The molecule has 2 rings (SSSR count). The molecule has 0 atom stereocenters. The van der Waals surface area contributed by atoms with Gasteiger partial charge in [-0.25, -0.2) is 4.79 Å². The Kier molecular flexibility index (Phi) is 6.37. The first kappa shape index (κ1) is 17.5. The van der Waals surface area contributed by atoms with Crippen LogP contribution in [0.25, 0.3) is 0 Å². The van der Waals surface area contributed by atoms with Crippen LogP contribution in [0.4, 0.5) is 0 Å². The number of nitrogens with one attached hydrogen (secondary N) is 1. The van der Waals surface area contributed by atoms with Gasteiger partial charge in [0.15, 0.2) is 0 Å². The molecule has 0 fully saturated rings. The van der Waals surface area contributed by atoms with Crippen molar-refractivity contribution in [1.29, 1.82) is 0 Å². The zero-order chi connectivity index (χ0) is 17.4. The van der Waals surface area contributed by atoms with Gasteiger partial charge in [-0.15, -0.1) is 0 Å². The van der Waals surface area contributed by atoms with E-state index in [0.717, 1.165) is 16.9 Å². The minimum atomic E-state index is -0.354. The van der Waals surface area contributed by atoms with Crippen molar-refractivity contribution in [2.75, 3.05) is 20.8 Å². The van der Waals surface area contributed by atoms with Crippen molar-refractivity contribution in [1.82, 2.24) is 5.32 Å². The molecule has 0 heterocycles. The lowest BCUT2D eigenvalue weighted by atomic mass is 10.1. The van der Waals surface area contributed by atoms with Crippen LogP contribution < -0.4 is 10.1 Å². The van der Waals surface area contributed by atoms with E-state index in [2.05, 4.69) is 10.1 Å². The molecule has 2 aromatic carbocycles. The molecule has 0 aliphatic rings. The number of esters is 1. The Morgan fingerprint density at radius 2 is 1.75 bits per heavy atom. The maximum absolute atomic E-state index is 12.0. The smallest absolute Gasteiger partial charge is 0.337 e. The van der Waals surface area contributed by atoms with Crippen LogP contribution in [0.5, 0.6) is 5.75 Å². The Bertz CT molecular complexity index is 695. The maximum atomic E-state index is 12.0. The van der Waals surface area contributed by atoms with Crippen LogP contribution in [0.2, 0.25) is 0 Å². The van der Waals surface area contributed by atoms with Crippen LogP contribution in [-0.4, -0.2) is 32.6 Å². The third kappa shape index (κ3) is 5.12. The molecule has 0 aromatic heterocycles. The Morgan fingerprint density at radius 3 is 2.42 bits per heavy atom. The lowest BCUT2D eigenvalue weighted by Crippen LogP contribution is -2.27. The summed E-state index contributed by atoms with van der Waals surface area (Å²) in [4.78, 5) is 23.3. The summed E-state index contributed by atoms with van der Waals surface area (Å²) in [7, 11) is 2.96. The van der Waals surface area contributed by atoms with Crippen molar-refractivity contribution in [2.45, 2.75) is 12.8 Å². The highest BCUT2D eigenvalue weighted by molar-refractivity contribution is 5.89. The predicted molar refractivity (Wildman–Crippen MR) is 91.2 cm³/mol. The van der Waals surface area contributed by atoms with Gasteiger partial charge in [-0.1, -0.05) is 24.3 Å². The summed E-state index contributed by atoms with van der Waals surface area (Å²) in [6.07, 6.45) is 1.02. The number of ether oxygens (including phenoxy) is 2. The fourth-order valence-electron chi connectivity index (χ4n) is 2.30. The molecule has 0 aliphatic carbocycles. The molecule has 24 heavy (non-hydrogen) atoms. The summed E-state index contributed by atoms with van der Waals surface area (Å²) in [5.74, 6) is 0.355. The second kappa shape index (κ2) is 8.72. The molecule has 0 bridgehead atoms. The van der Waals surface area contributed by atoms with Crippen LogP contribution in [0.3, 0.4) is 0 Å². The summed E-state index contributed by atoms with van der Waals surface area (Å²) in [5, 5.41) is 2.89. The molecule has 2 aromatic rings. The van der Waals surface area contributed by atoms with Crippen LogP contribution in [0, 0.1) is 0 Å². The third-order valence-corrected chi connectivity index (χ3v) is 3.61. The van der Waals surface area contributed by atoms with Crippen LogP contribution in [-0.2, 0) is 22.4 Å². The van der Waals surface area contributed by atoms with Crippen molar-refractivity contribution in [3.63, 3.8) is 0 Å². The van der Waals surface area contributed by atoms with Gasteiger partial charge < -0.3 is 14.8 Å². The van der Waals surface area contributed by atoms with E-state index < -0.39 is 0 Å². The monoisotopic (exact) mass is 327 g/mol. The minimum absolute atomic E-state index is 0.0329. The van der Waals surface area contributed by atoms with Gasteiger partial charge in [0.1, 0.15) is 5.75 Å². The van der Waals surface area contributed by atoms with Gasteiger partial charge in [0.05, 0.1) is 26.2 Å². The molecule has 0 saturated heterocycles. The molecule has 0 unspecified atom stereocenters. The molecule has 126 valence electrons. The van der Waals surface area contributed by atoms with Gasteiger partial charge in [-0.3, -0.25) is 4.79 Å². The fourth-order valence-corrected chi connectivity index (χ4v) is 2.30. The Hall–Kier alpha value is -2.82. The van der Waals surface area contributed by atoms with E-state index in [4.69, 9.17) is 4.74 Å². The van der Waals surface area contributed by atoms with Crippen LogP contribution >= 0.6 is 0 Å².